The van der Waals surface area contributed by atoms with Gasteiger partial charge in [-0.25, -0.2) is 9.18 Å². The fourth-order valence-corrected chi connectivity index (χ4v) is 1.68. The van der Waals surface area contributed by atoms with E-state index in [4.69, 9.17) is 14.6 Å². The van der Waals surface area contributed by atoms with E-state index >= 15 is 0 Å². The Morgan fingerprint density at radius 1 is 1.27 bits per heavy atom. The van der Waals surface area contributed by atoms with E-state index in [1.165, 1.54) is 18.2 Å². The monoisotopic (exact) mass is 325 g/mol. The van der Waals surface area contributed by atoms with Gasteiger partial charge in [0.05, 0.1) is 13.2 Å². The predicted octanol–water partition coefficient (Wildman–Crippen LogP) is 2.00. The van der Waals surface area contributed by atoms with E-state index in [0.29, 0.717) is 25.3 Å². The normalized spacial score (nSPS) is 15.8. The third kappa shape index (κ3) is 6.27. The summed E-state index contributed by atoms with van der Waals surface area (Å²) >= 11 is 0. The Morgan fingerprint density at radius 3 is 2.32 bits per heavy atom. The number of morpholine rings is 1. The molecule has 0 aliphatic carbocycles. The van der Waals surface area contributed by atoms with Crippen molar-refractivity contribution in [1.82, 2.24) is 4.90 Å². The molecule has 0 unspecified atom stereocenters. The SMILES string of the molecule is O=C(O)C(F)(F)F.Oc1ccc(F)cc1CN1CCOCC1. The number of halogens is 4. The third-order valence-electron chi connectivity index (χ3n) is 2.78. The molecule has 2 rings (SSSR count). The number of benzene rings is 1. The first-order valence-corrected chi connectivity index (χ1v) is 6.27. The highest BCUT2D eigenvalue weighted by Gasteiger charge is 2.38. The Labute approximate surface area is 123 Å². The Morgan fingerprint density at radius 2 is 1.82 bits per heavy atom. The first-order valence-electron chi connectivity index (χ1n) is 6.27. The summed E-state index contributed by atoms with van der Waals surface area (Å²) in [6.45, 7) is 3.64. The van der Waals surface area contributed by atoms with E-state index < -0.39 is 12.1 Å². The number of carboxylic acid groups (broad SMARTS) is 1. The van der Waals surface area contributed by atoms with Crippen molar-refractivity contribution in [2.75, 3.05) is 26.3 Å². The van der Waals surface area contributed by atoms with Crippen LogP contribution in [0.1, 0.15) is 5.56 Å². The lowest BCUT2D eigenvalue weighted by Gasteiger charge is -2.26. The smallest absolute Gasteiger partial charge is 0.490 e. The van der Waals surface area contributed by atoms with E-state index in [1.807, 2.05) is 0 Å². The number of nitrogens with zero attached hydrogens (tertiary/aromatic N) is 1. The van der Waals surface area contributed by atoms with Gasteiger partial charge in [-0.3, -0.25) is 4.90 Å². The second-order valence-electron chi connectivity index (χ2n) is 4.46. The van der Waals surface area contributed by atoms with Crippen molar-refractivity contribution in [1.29, 1.82) is 0 Å². The van der Waals surface area contributed by atoms with Crippen LogP contribution in [0.5, 0.6) is 5.75 Å². The number of carbonyl (C=O) groups is 1. The number of rotatable bonds is 2. The summed E-state index contributed by atoms with van der Waals surface area (Å²) in [5.41, 5.74) is 0.636. The molecule has 22 heavy (non-hydrogen) atoms. The van der Waals surface area contributed by atoms with Crippen molar-refractivity contribution < 1.29 is 37.3 Å². The van der Waals surface area contributed by atoms with Crippen molar-refractivity contribution in [3.63, 3.8) is 0 Å². The van der Waals surface area contributed by atoms with Crippen LogP contribution in [0.25, 0.3) is 0 Å². The molecule has 1 aliphatic heterocycles. The summed E-state index contributed by atoms with van der Waals surface area (Å²) in [6, 6.07) is 4.04. The van der Waals surface area contributed by atoms with Gasteiger partial charge in [0.25, 0.3) is 0 Å². The fraction of sp³-hybridized carbons (Fsp3) is 0.462. The first-order chi connectivity index (χ1) is 10.2. The van der Waals surface area contributed by atoms with Gasteiger partial charge in [-0.05, 0) is 18.2 Å². The zero-order valence-corrected chi connectivity index (χ0v) is 11.4. The van der Waals surface area contributed by atoms with E-state index in [9.17, 15) is 22.7 Å². The van der Waals surface area contributed by atoms with Gasteiger partial charge in [0, 0.05) is 25.2 Å². The maximum absolute atomic E-state index is 12.9. The number of aromatic hydroxyl groups is 1. The molecule has 1 aromatic carbocycles. The lowest BCUT2D eigenvalue weighted by molar-refractivity contribution is -0.192. The Hall–Kier alpha value is -1.87. The number of aliphatic carboxylic acids is 1. The van der Waals surface area contributed by atoms with Crippen LogP contribution in [0.3, 0.4) is 0 Å². The molecule has 0 bridgehead atoms. The molecule has 5 nitrogen and oxygen atoms in total. The quantitative estimate of drug-likeness (QED) is 0.814. The standard InChI is InChI=1S/C11H14FNO2.C2HF3O2/c12-10-1-2-11(14)9(7-10)8-13-3-5-15-6-4-13;3-2(4,5)1(6)7/h1-2,7,14H,3-6,8H2;(H,6,7). The molecule has 0 spiro atoms. The molecule has 0 atom stereocenters. The minimum absolute atomic E-state index is 0.155. The van der Waals surface area contributed by atoms with Crippen molar-refractivity contribution in [3.8, 4) is 5.75 Å². The minimum Gasteiger partial charge on any atom is -0.508 e. The Kier molecular flexibility index (Phi) is 6.57. The second kappa shape index (κ2) is 7.95. The summed E-state index contributed by atoms with van der Waals surface area (Å²) in [5, 5.41) is 16.7. The van der Waals surface area contributed by atoms with Gasteiger partial charge in [0.15, 0.2) is 0 Å². The molecule has 1 fully saturated rings. The molecule has 9 heteroatoms. The highest BCUT2D eigenvalue weighted by atomic mass is 19.4. The molecule has 0 aromatic heterocycles. The molecule has 0 saturated carbocycles. The molecule has 2 N–H and O–H groups in total. The summed E-state index contributed by atoms with van der Waals surface area (Å²) in [7, 11) is 0. The number of phenols is 1. The highest BCUT2D eigenvalue weighted by molar-refractivity contribution is 5.73. The molecular formula is C13H15F4NO4. The molecule has 124 valence electrons. The van der Waals surface area contributed by atoms with Crippen LogP contribution in [-0.4, -0.2) is 53.6 Å². The summed E-state index contributed by atoms with van der Waals surface area (Å²) in [6.07, 6.45) is -5.08. The van der Waals surface area contributed by atoms with Gasteiger partial charge in [-0.2, -0.15) is 13.2 Å². The van der Waals surface area contributed by atoms with Crippen LogP contribution >= 0.6 is 0 Å². The topological polar surface area (TPSA) is 70.0 Å². The van der Waals surface area contributed by atoms with Crippen molar-refractivity contribution >= 4 is 5.97 Å². The number of ether oxygens (including phenoxy) is 1. The average molecular weight is 325 g/mol. The summed E-state index contributed by atoms with van der Waals surface area (Å²) in [5.74, 6) is -2.91. The maximum Gasteiger partial charge on any atom is 0.490 e. The van der Waals surface area contributed by atoms with Crippen LogP contribution in [0.15, 0.2) is 18.2 Å². The van der Waals surface area contributed by atoms with E-state index in [0.717, 1.165) is 13.1 Å². The molecule has 1 aromatic rings. The first kappa shape index (κ1) is 18.2. The second-order valence-corrected chi connectivity index (χ2v) is 4.46. The third-order valence-corrected chi connectivity index (χ3v) is 2.78. The van der Waals surface area contributed by atoms with E-state index in [-0.39, 0.29) is 11.6 Å². The fourth-order valence-electron chi connectivity index (χ4n) is 1.68. The number of hydrogen-bond acceptors (Lipinski definition) is 4. The molecule has 0 radical (unpaired) electrons. The number of phenolic OH excluding ortho intramolecular Hbond substituents is 1. The van der Waals surface area contributed by atoms with Gasteiger partial charge < -0.3 is 14.9 Å². The van der Waals surface area contributed by atoms with Gasteiger partial charge >= 0.3 is 12.1 Å². The van der Waals surface area contributed by atoms with Crippen molar-refractivity contribution in [2.24, 2.45) is 0 Å². The van der Waals surface area contributed by atoms with Crippen LogP contribution in [0.4, 0.5) is 17.6 Å². The summed E-state index contributed by atoms with van der Waals surface area (Å²) < 4.78 is 49.9. The van der Waals surface area contributed by atoms with Crippen molar-refractivity contribution in [2.45, 2.75) is 12.7 Å². The van der Waals surface area contributed by atoms with Crippen LogP contribution < -0.4 is 0 Å². The van der Waals surface area contributed by atoms with E-state index in [2.05, 4.69) is 4.90 Å². The molecule has 1 heterocycles. The van der Waals surface area contributed by atoms with Gasteiger partial charge in [-0.15, -0.1) is 0 Å². The number of alkyl halides is 3. The number of hydrogen-bond donors (Lipinski definition) is 2. The van der Waals surface area contributed by atoms with Gasteiger partial charge in [0.1, 0.15) is 11.6 Å². The van der Waals surface area contributed by atoms with Crippen LogP contribution in [0.2, 0.25) is 0 Å². The molecule has 1 aliphatic rings. The largest absolute Gasteiger partial charge is 0.508 e. The van der Waals surface area contributed by atoms with Crippen LogP contribution in [-0.2, 0) is 16.1 Å². The minimum atomic E-state index is -5.08. The zero-order valence-electron chi connectivity index (χ0n) is 11.4. The Bertz CT molecular complexity index is 501. The van der Waals surface area contributed by atoms with Gasteiger partial charge in [0.2, 0.25) is 0 Å². The lowest BCUT2D eigenvalue weighted by Crippen LogP contribution is -2.35. The highest BCUT2D eigenvalue weighted by Crippen LogP contribution is 2.20. The molecule has 1 saturated heterocycles. The molecule has 0 amide bonds. The zero-order chi connectivity index (χ0) is 16.8. The van der Waals surface area contributed by atoms with Gasteiger partial charge in [-0.1, -0.05) is 0 Å². The predicted molar refractivity (Wildman–Crippen MR) is 67.9 cm³/mol. The van der Waals surface area contributed by atoms with E-state index in [1.54, 1.807) is 0 Å². The van der Waals surface area contributed by atoms with Crippen molar-refractivity contribution in [3.05, 3.63) is 29.6 Å². The van der Waals surface area contributed by atoms with Crippen LogP contribution in [0, 0.1) is 5.82 Å². The molecular weight excluding hydrogens is 310 g/mol. The maximum atomic E-state index is 12.9. The Balaban J connectivity index is 0.000000295. The lowest BCUT2D eigenvalue weighted by atomic mass is 10.2. The average Bonchev–Trinajstić information content (AvgIpc) is 2.44. The summed E-state index contributed by atoms with van der Waals surface area (Å²) in [4.78, 5) is 11.0. The number of carboxylic acids is 1.